The first-order valence-electron chi connectivity index (χ1n) is 9.85. The third kappa shape index (κ3) is 3.83. The maximum absolute atomic E-state index is 13.5. The average Bonchev–Trinajstić information content (AvgIpc) is 3.38. The van der Waals surface area contributed by atoms with Crippen molar-refractivity contribution in [3.63, 3.8) is 0 Å². The van der Waals surface area contributed by atoms with Gasteiger partial charge in [0.05, 0.1) is 4.90 Å². The van der Waals surface area contributed by atoms with Gasteiger partial charge in [0, 0.05) is 10.8 Å². The Labute approximate surface area is 189 Å². The number of rotatable bonds is 8. The molecule has 3 aromatic rings. The van der Waals surface area contributed by atoms with Crippen LogP contribution in [0.1, 0.15) is 23.5 Å². The summed E-state index contributed by atoms with van der Waals surface area (Å²) in [4.78, 5) is 24.7. The molecule has 0 bridgehead atoms. The molecule has 2 atom stereocenters. The van der Waals surface area contributed by atoms with Crippen LogP contribution >= 0.6 is 11.3 Å². The average molecular weight is 472 g/mol. The van der Waals surface area contributed by atoms with Gasteiger partial charge < -0.3 is 10.2 Å². The highest BCUT2D eigenvalue weighted by Crippen LogP contribution is 2.57. The molecule has 1 saturated carbocycles. The number of aryl methyl sites for hydroxylation is 1. The van der Waals surface area contributed by atoms with Crippen LogP contribution in [-0.4, -0.2) is 47.0 Å². The smallest absolute Gasteiger partial charge is 0.325 e. The van der Waals surface area contributed by atoms with Gasteiger partial charge in [-0.05, 0) is 53.6 Å². The molecule has 0 spiro atoms. The summed E-state index contributed by atoms with van der Waals surface area (Å²) in [5.74, 6) is -3.41. The van der Waals surface area contributed by atoms with E-state index in [1.54, 1.807) is 42.5 Å². The lowest BCUT2D eigenvalue weighted by molar-refractivity contribution is -0.145. The Morgan fingerprint density at radius 1 is 1.09 bits per heavy atom. The zero-order valence-electron chi connectivity index (χ0n) is 17.1. The fraction of sp³-hybridized carbons (Fsp3) is 0.217. The zero-order chi connectivity index (χ0) is 23.1. The Balaban J connectivity index is 1.74. The van der Waals surface area contributed by atoms with Gasteiger partial charge in [0.2, 0.25) is 10.0 Å². The summed E-state index contributed by atoms with van der Waals surface area (Å²) in [5.41, 5.74) is 0.734. The minimum atomic E-state index is -4.40. The minimum Gasteiger partial charge on any atom is -0.480 e. The largest absolute Gasteiger partial charge is 0.480 e. The molecule has 0 aliphatic heterocycles. The lowest BCUT2D eigenvalue weighted by atomic mass is 10.1. The van der Waals surface area contributed by atoms with Crippen LogP contribution in [0.4, 0.5) is 0 Å². The van der Waals surface area contributed by atoms with Gasteiger partial charge in [0.1, 0.15) is 12.1 Å². The first kappa shape index (κ1) is 22.2. The topological polar surface area (TPSA) is 112 Å². The molecule has 7 nitrogen and oxygen atoms in total. The Kier molecular flexibility index (Phi) is 5.66. The third-order valence-corrected chi connectivity index (χ3v) is 8.69. The van der Waals surface area contributed by atoms with E-state index < -0.39 is 40.0 Å². The van der Waals surface area contributed by atoms with E-state index in [2.05, 4.69) is 0 Å². The molecule has 2 unspecified atom stereocenters. The Hall–Kier alpha value is -3.01. The van der Waals surface area contributed by atoms with E-state index >= 15 is 0 Å². The van der Waals surface area contributed by atoms with Crippen LogP contribution in [0.5, 0.6) is 0 Å². The van der Waals surface area contributed by atoms with E-state index in [4.69, 9.17) is 0 Å². The lowest BCUT2D eigenvalue weighted by Crippen LogP contribution is -2.50. The van der Waals surface area contributed by atoms with Gasteiger partial charge in [0.15, 0.2) is 0 Å². The van der Waals surface area contributed by atoms with E-state index in [0.717, 1.165) is 16.0 Å². The molecule has 4 rings (SSSR count). The molecule has 2 aromatic carbocycles. The van der Waals surface area contributed by atoms with Gasteiger partial charge in [-0.1, -0.05) is 42.5 Å². The SMILES string of the molecule is Cc1csc(-c2ccc(S(=O)(=O)N(CC(=O)O)C3(C(=O)O)CC3c3ccccc3)cc2)c1. The number of carboxylic acids is 2. The Bertz CT molecular complexity index is 1270. The van der Waals surface area contributed by atoms with E-state index in [1.807, 2.05) is 18.4 Å². The standard InChI is InChI=1S/C23H21NO6S2/c1-15-11-20(31-14-15)17-7-9-18(10-8-17)32(29,30)24(13-21(25)26)23(22(27)28)12-19(23)16-5-3-2-4-6-16/h2-11,14,19H,12-13H2,1H3,(H,25,26)(H,27,28). The molecular weight excluding hydrogens is 450 g/mol. The van der Waals surface area contributed by atoms with Crippen LogP contribution in [0.25, 0.3) is 10.4 Å². The summed E-state index contributed by atoms with van der Waals surface area (Å²) in [6.07, 6.45) is 0.00537. The summed E-state index contributed by atoms with van der Waals surface area (Å²) >= 11 is 1.53. The second-order valence-electron chi connectivity index (χ2n) is 7.81. The Morgan fingerprint density at radius 2 is 1.75 bits per heavy atom. The van der Waals surface area contributed by atoms with Gasteiger partial charge in [0.25, 0.3) is 0 Å². The summed E-state index contributed by atoms with van der Waals surface area (Å²) in [6.45, 7) is 1.02. The number of hydrogen-bond donors (Lipinski definition) is 2. The molecule has 1 aliphatic rings. The van der Waals surface area contributed by atoms with Crippen LogP contribution in [0.2, 0.25) is 0 Å². The van der Waals surface area contributed by atoms with Gasteiger partial charge >= 0.3 is 11.9 Å². The molecular formula is C23H21NO6S2. The van der Waals surface area contributed by atoms with Gasteiger partial charge in [-0.3, -0.25) is 9.59 Å². The molecule has 1 aliphatic carbocycles. The van der Waals surface area contributed by atoms with Crippen molar-refractivity contribution in [2.75, 3.05) is 6.54 Å². The number of sulfonamides is 1. The van der Waals surface area contributed by atoms with Crippen molar-refractivity contribution in [1.82, 2.24) is 4.31 Å². The van der Waals surface area contributed by atoms with Gasteiger partial charge in [-0.25, -0.2) is 8.42 Å². The summed E-state index contributed by atoms with van der Waals surface area (Å²) < 4.78 is 27.6. The number of nitrogens with zero attached hydrogens (tertiary/aromatic N) is 1. The van der Waals surface area contributed by atoms with Crippen LogP contribution < -0.4 is 0 Å². The number of aliphatic carboxylic acids is 2. The van der Waals surface area contributed by atoms with Crippen LogP contribution in [-0.2, 0) is 19.6 Å². The van der Waals surface area contributed by atoms with Crippen molar-refractivity contribution < 1.29 is 28.2 Å². The van der Waals surface area contributed by atoms with Crippen LogP contribution in [0, 0.1) is 6.92 Å². The molecule has 9 heteroatoms. The molecule has 166 valence electrons. The van der Waals surface area contributed by atoms with E-state index in [0.29, 0.717) is 9.87 Å². The second-order valence-corrected chi connectivity index (χ2v) is 10.6. The fourth-order valence-electron chi connectivity index (χ4n) is 4.01. The number of hydrogen-bond acceptors (Lipinski definition) is 5. The molecule has 32 heavy (non-hydrogen) atoms. The first-order chi connectivity index (χ1) is 15.2. The predicted octanol–water partition coefficient (Wildman–Crippen LogP) is 3.81. The quantitative estimate of drug-likeness (QED) is 0.517. The predicted molar refractivity (Wildman–Crippen MR) is 120 cm³/mol. The third-order valence-electron chi connectivity index (χ3n) is 5.69. The van der Waals surface area contributed by atoms with Crippen molar-refractivity contribution in [2.24, 2.45) is 0 Å². The molecule has 1 fully saturated rings. The summed E-state index contributed by atoms with van der Waals surface area (Å²) in [5, 5.41) is 21.4. The molecule has 1 aromatic heterocycles. The highest BCUT2D eigenvalue weighted by Gasteiger charge is 2.68. The van der Waals surface area contributed by atoms with E-state index in [-0.39, 0.29) is 11.3 Å². The maximum Gasteiger partial charge on any atom is 0.325 e. The normalized spacial score (nSPS) is 20.2. The number of benzene rings is 2. The number of carbonyl (C=O) groups is 2. The van der Waals surface area contributed by atoms with Crippen LogP contribution in [0.15, 0.2) is 70.9 Å². The lowest BCUT2D eigenvalue weighted by Gasteiger charge is -2.28. The van der Waals surface area contributed by atoms with Crippen molar-refractivity contribution in [2.45, 2.75) is 29.7 Å². The zero-order valence-corrected chi connectivity index (χ0v) is 18.8. The van der Waals surface area contributed by atoms with E-state index in [9.17, 15) is 28.2 Å². The van der Waals surface area contributed by atoms with Gasteiger partial charge in [-0.2, -0.15) is 4.31 Å². The first-order valence-corrected chi connectivity index (χ1v) is 12.2. The van der Waals surface area contributed by atoms with Crippen molar-refractivity contribution in [1.29, 1.82) is 0 Å². The molecule has 0 saturated heterocycles. The summed E-state index contributed by atoms with van der Waals surface area (Å²) in [7, 11) is -4.40. The Morgan fingerprint density at radius 3 is 2.28 bits per heavy atom. The van der Waals surface area contributed by atoms with Gasteiger partial charge in [-0.15, -0.1) is 11.3 Å². The summed E-state index contributed by atoms with van der Waals surface area (Å²) in [6, 6.07) is 16.8. The molecule has 0 radical (unpaired) electrons. The molecule has 2 N–H and O–H groups in total. The second kappa shape index (κ2) is 8.16. The molecule has 0 amide bonds. The molecule has 1 heterocycles. The van der Waals surface area contributed by atoms with Crippen molar-refractivity contribution >= 4 is 33.3 Å². The highest BCUT2D eigenvalue weighted by molar-refractivity contribution is 7.89. The van der Waals surface area contributed by atoms with E-state index in [1.165, 1.54) is 23.5 Å². The number of thiophene rings is 1. The monoisotopic (exact) mass is 471 g/mol. The maximum atomic E-state index is 13.5. The van der Waals surface area contributed by atoms with Crippen LogP contribution in [0.3, 0.4) is 0 Å². The highest BCUT2D eigenvalue weighted by atomic mass is 32.2. The number of carboxylic acid groups (broad SMARTS) is 2. The fourth-order valence-corrected chi connectivity index (χ4v) is 6.64. The van der Waals surface area contributed by atoms with Crippen molar-refractivity contribution in [3.8, 4) is 10.4 Å². The minimum absolute atomic E-state index is 0.00537. The van der Waals surface area contributed by atoms with Crippen molar-refractivity contribution in [3.05, 3.63) is 77.2 Å².